The van der Waals surface area contributed by atoms with Gasteiger partial charge in [0.15, 0.2) is 11.5 Å². The number of pyridine rings is 1. The van der Waals surface area contributed by atoms with Gasteiger partial charge in [0.25, 0.3) is 5.56 Å². The summed E-state index contributed by atoms with van der Waals surface area (Å²) in [6.45, 7) is 0.250. The normalized spacial score (nSPS) is 10.8. The largest absolute Gasteiger partial charge is 0.504 e. The Morgan fingerprint density at radius 1 is 1.19 bits per heavy atom. The number of nitrogens with two attached hydrogens (primary N) is 1. The molecule has 1 aromatic heterocycles. The number of hydrogen-bond donors (Lipinski definition) is 5. The third-order valence-corrected chi connectivity index (χ3v) is 3.82. The summed E-state index contributed by atoms with van der Waals surface area (Å²) in [4.78, 5) is 39.3. The summed E-state index contributed by atoms with van der Waals surface area (Å²) in [7, 11) is 4.78. The predicted octanol–water partition coefficient (Wildman–Crippen LogP) is 0.796. The smallest absolute Gasteiger partial charge is 0.342 e. The minimum absolute atomic E-state index is 0.00381. The van der Waals surface area contributed by atoms with Gasteiger partial charge in [0.2, 0.25) is 0 Å². The topological polar surface area (TPSA) is 166 Å². The number of phenols is 1. The first-order chi connectivity index (χ1) is 12.6. The number of aromatic hydroxyl groups is 1. The maximum atomic E-state index is 12.1. The maximum absolute atomic E-state index is 12.1. The molecule has 0 aliphatic carbocycles. The first kappa shape index (κ1) is 19.8. The molecule has 0 fully saturated rings. The van der Waals surface area contributed by atoms with Crippen LogP contribution < -0.4 is 16.0 Å². The van der Waals surface area contributed by atoms with Crippen molar-refractivity contribution < 1.29 is 29.6 Å². The van der Waals surface area contributed by atoms with Crippen molar-refractivity contribution in [2.24, 2.45) is 0 Å². The summed E-state index contributed by atoms with van der Waals surface area (Å²) in [5, 5.41) is 29.3. The minimum atomic E-state index is -1.62. The summed E-state index contributed by atoms with van der Waals surface area (Å²) < 4.78 is 5.11. The number of nitrogens with zero attached hydrogens (tertiary/aromatic N) is 1. The van der Waals surface area contributed by atoms with E-state index in [2.05, 4.69) is 0 Å². The van der Waals surface area contributed by atoms with Gasteiger partial charge in [-0.25, -0.2) is 9.59 Å². The lowest BCUT2D eigenvalue weighted by molar-refractivity contribution is 0.0695. The van der Waals surface area contributed by atoms with Crippen LogP contribution >= 0.6 is 0 Å². The lowest BCUT2D eigenvalue weighted by atomic mass is 9.93. The van der Waals surface area contributed by atoms with Crippen LogP contribution in [0.25, 0.3) is 11.1 Å². The van der Waals surface area contributed by atoms with Crippen LogP contribution in [-0.4, -0.2) is 58.3 Å². The Morgan fingerprint density at radius 2 is 1.78 bits per heavy atom. The summed E-state index contributed by atoms with van der Waals surface area (Å²) in [5.74, 6) is -3.79. The Labute approximate surface area is 153 Å². The minimum Gasteiger partial charge on any atom is -0.504 e. The second-order valence-corrected chi connectivity index (χ2v) is 6.03. The van der Waals surface area contributed by atoms with Crippen LogP contribution in [0, 0.1) is 0 Å². The van der Waals surface area contributed by atoms with Crippen molar-refractivity contribution in [2.45, 2.75) is 6.54 Å². The molecule has 2 aromatic rings. The standard InChI is InChI=1S/C17H19N3O7/c1-20(2)6-8-4-7(5-9(27-3)13(8)21)10-11(16(23)24)14(18)19-15(22)12(10)17(25)26/h4-5,21H,6H2,1-3H3,(H,23,24)(H,25,26)(H3,18,19,22). The molecule has 0 aliphatic rings. The molecular weight excluding hydrogens is 358 g/mol. The van der Waals surface area contributed by atoms with Gasteiger partial charge in [-0.1, -0.05) is 0 Å². The molecule has 10 nitrogen and oxygen atoms in total. The molecule has 0 unspecified atom stereocenters. The van der Waals surface area contributed by atoms with Crippen molar-refractivity contribution in [1.29, 1.82) is 0 Å². The average Bonchev–Trinajstić information content (AvgIpc) is 2.54. The van der Waals surface area contributed by atoms with Crippen LogP contribution in [-0.2, 0) is 6.54 Å². The summed E-state index contributed by atoms with van der Waals surface area (Å²) in [6.07, 6.45) is 0. The molecule has 0 saturated heterocycles. The van der Waals surface area contributed by atoms with E-state index in [4.69, 9.17) is 10.5 Å². The third-order valence-electron chi connectivity index (χ3n) is 3.82. The monoisotopic (exact) mass is 377 g/mol. The van der Waals surface area contributed by atoms with Gasteiger partial charge in [-0.15, -0.1) is 0 Å². The van der Waals surface area contributed by atoms with Crippen molar-refractivity contribution in [2.75, 3.05) is 26.9 Å². The van der Waals surface area contributed by atoms with E-state index in [1.165, 1.54) is 19.2 Å². The Morgan fingerprint density at radius 3 is 2.26 bits per heavy atom. The highest BCUT2D eigenvalue weighted by atomic mass is 16.5. The molecular formula is C17H19N3O7. The van der Waals surface area contributed by atoms with Crippen molar-refractivity contribution in [3.8, 4) is 22.6 Å². The van der Waals surface area contributed by atoms with E-state index in [9.17, 15) is 29.7 Å². The average molecular weight is 377 g/mol. The molecule has 2 rings (SSSR count). The number of nitrogens with one attached hydrogen (secondary N) is 1. The van der Waals surface area contributed by atoms with Crippen LogP contribution in [0.4, 0.5) is 5.82 Å². The number of hydrogen-bond acceptors (Lipinski definition) is 7. The molecule has 0 aliphatic heterocycles. The van der Waals surface area contributed by atoms with Crippen molar-refractivity contribution in [3.05, 3.63) is 39.2 Å². The fraction of sp³-hybridized carbons (Fsp3) is 0.235. The number of carboxylic acid groups (broad SMARTS) is 2. The fourth-order valence-corrected chi connectivity index (χ4v) is 2.76. The number of H-pyrrole nitrogens is 1. The molecule has 0 spiro atoms. The lowest BCUT2D eigenvalue weighted by Gasteiger charge is -2.17. The highest BCUT2D eigenvalue weighted by Gasteiger charge is 2.27. The number of anilines is 1. The fourth-order valence-electron chi connectivity index (χ4n) is 2.76. The quantitative estimate of drug-likeness (QED) is 0.489. The molecule has 144 valence electrons. The number of aromatic amines is 1. The highest BCUT2D eigenvalue weighted by molar-refractivity contribution is 6.07. The van der Waals surface area contributed by atoms with Gasteiger partial charge in [0.05, 0.1) is 7.11 Å². The Kier molecular flexibility index (Phi) is 5.41. The summed E-state index contributed by atoms with van der Waals surface area (Å²) in [6, 6.07) is 2.65. The Balaban J connectivity index is 2.98. The Bertz CT molecular complexity index is 979. The van der Waals surface area contributed by atoms with Gasteiger partial charge in [0.1, 0.15) is 16.9 Å². The number of aromatic nitrogens is 1. The second-order valence-electron chi connectivity index (χ2n) is 6.03. The van der Waals surface area contributed by atoms with E-state index in [0.717, 1.165) is 0 Å². The van der Waals surface area contributed by atoms with Gasteiger partial charge in [0, 0.05) is 17.7 Å². The zero-order valence-corrected chi connectivity index (χ0v) is 14.9. The van der Waals surface area contributed by atoms with E-state index < -0.39 is 34.4 Å². The van der Waals surface area contributed by atoms with Crippen LogP contribution in [0.1, 0.15) is 26.3 Å². The zero-order chi connectivity index (χ0) is 20.5. The van der Waals surface area contributed by atoms with E-state index in [-0.39, 0.29) is 29.2 Å². The van der Waals surface area contributed by atoms with Gasteiger partial charge >= 0.3 is 11.9 Å². The van der Waals surface area contributed by atoms with Gasteiger partial charge in [-0.05, 0) is 31.8 Å². The summed E-state index contributed by atoms with van der Waals surface area (Å²) in [5.41, 5.74) is 3.30. The first-order valence-corrected chi connectivity index (χ1v) is 7.65. The lowest BCUT2D eigenvalue weighted by Crippen LogP contribution is -2.24. The van der Waals surface area contributed by atoms with E-state index in [1.54, 1.807) is 19.0 Å². The molecule has 1 heterocycles. The molecule has 27 heavy (non-hydrogen) atoms. The van der Waals surface area contributed by atoms with Gasteiger partial charge in [-0.3, -0.25) is 4.79 Å². The number of methoxy groups -OCH3 is 1. The molecule has 0 atom stereocenters. The van der Waals surface area contributed by atoms with Crippen LogP contribution in [0.5, 0.6) is 11.5 Å². The Hall–Kier alpha value is -3.53. The number of benzene rings is 1. The summed E-state index contributed by atoms with van der Waals surface area (Å²) >= 11 is 0. The number of aromatic carboxylic acids is 2. The first-order valence-electron chi connectivity index (χ1n) is 7.65. The molecule has 0 amide bonds. The number of nitrogen functional groups attached to an aromatic ring is 1. The van der Waals surface area contributed by atoms with E-state index in [1.807, 2.05) is 4.98 Å². The van der Waals surface area contributed by atoms with Crippen LogP contribution in [0.15, 0.2) is 16.9 Å². The van der Waals surface area contributed by atoms with Crippen LogP contribution in [0.3, 0.4) is 0 Å². The number of carbonyl (C=O) groups is 2. The SMILES string of the molecule is COc1cc(-c2c(C(=O)O)c(N)[nH]c(=O)c2C(=O)O)cc(CN(C)C)c1O. The number of ether oxygens (including phenoxy) is 1. The molecule has 6 N–H and O–H groups in total. The number of phenolic OH excluding ortho intramolecular Hbond substituents is 1. The van der Waals surface area contributed by atoms with Gasteiger partial charge in [-0.2, -0.15) is 0 Å². The van der Waals surface area contributed by atoms with Crippen molar-refractivity contribution in [1.82, 2.24) is 9.88 Å². The third kappa shape index (κ3) is 3.70. The van der Waals surface area contributed by atoms with Gasteiger partial charge < -0.3 is 35.7 Å². The van der Waals surface area contributed by atoms with Crippen molar-refractivity contribution >= 4 is 17.8 Å². The van der Waals surface area contributed by atoms with Crippen LogP contribution in [0.2, 0.25) is 0 Å². The van der Waals surface area contributed by atoms with Crippen molar-refractivity contribution in [3.63, 3.8) is 0 Å². The molecule has 10 heteroatoms. The van der Waals surface area contributed by atoms with E-state index >= 15 is 0 Å². The maximum Gasteiger partial charge on any atom is 0.342 e. The molecule has 0 saturated carbocycles. The highest BCUT2D eigenvalue weighted by Crippen LogP contribution is 2.38. The molecule has 1 aromatic carbocycles. The molecule has 0 radical (unpaired) electrons. The molecule has 0 bridgehead atoms. The zero-order valence-electron chi connectivity index (χ0n) is 14.9. The van der Waals surface area contributed by atoms with E-state index in [0.29, 0.717) is 5.56 Å². The number of carboxylic acids is 2. The second kappa shape index (κ2) is 7.38. The predicted molar refractivity (Wildman–Crippen MR) is 96.4 cm³/mol. The number of rotatable bonds is 6.